The highest BCUT2D eigenvalue weighted by molar-refractivity contribution is 7.49. The van der Waals surface area contributed by atoms with E-state index in [1.807, 2.05) is 93.4 Å². The van der Waals surface area contributed by atoms with Crippen LogP contribution in [-0.2, 0) is 4.57 Å². The number of phosphoric ester groups is 1. The Labute approximate surface area is 190 Å². The summed E-state index contributed by atoms with van der Waals surface area (Å²) in [4.78, 5) is 5.79. The van der Waals surface area contributed by atoms with Crippen LogP contribution in [0.2, 0.25) is 0 Å². The van der Waals surface area contributed by atoms with Crippen molar-refractivity contribution in [1.29, 1.82) is 0 Å². The molecule has 0 saturated carbocycles. The second-order valence-electron chi connectivity index (χ2n) is 7.90. The van der Waals surface area contributed by atoms with Gasteiger partial charge in [-0.15, -0.1) is 0 Å². The number of benzene rings is 3. The third kappa shape index (κ3) is 6.11. The van der Waals surface area contributed by atoms with Crippen LogP contribution in [0.25, 0.3) is 0 Å². The molecule has 7 nitrogen and oxygen atoms in total. The summed E-state index contributed by atoms with van der Waals surface area (Å²) < 4.78 is 31.4. The van der Waals surface area contributed by atoms with Crippen molar-refractivity contribution in [3.05, 3.63) is 72.8 Å². The smallest absolute Gasteiger partial charge is 0.386 e. The van der Waals surface area contributed by atoms with E-state index in [1.165, 1.54) is 0 Å². The number of phosphoric acid groups is 1. The molecular weight excluding hydrogens is 425 g/mol. The summed E-state index contributed by atoms with van der Waals surface area (Å²) >= 11 is 0. The van der Waals surface area contributed by atoms with Crippen molar-refractivity contribution in [2.75, 3.05) is 57.0 Å². The van der Waals surface area contributed by atoms with Gasteiger partial charge in [0.1, 0.15) is 17.2 Å². The third-order valence-corrected chi connectivity index (χ3v) is 5.96. The molecule has 0 bridgehead atoms. The first kappa shape index (κ1) is 23.4. The van der Waals surface area contributed by atoms with Crippen LogP contribution in [0.15, 0.2) is 72.8 Å². The van der Waals surface area contributed by atoms with Crippen molar-refractivity contribution in [2.24, 2.45) is 0 Å². The van der Waals surface area contributed by atoms with Gasteiger partial charge < -0.3 is 28.3 Å². The molecule has 0 saturated heterocycles. The SMILES string of the molecule is CN(C)c1cccc(OP(=O)(Oc2cccc(N(C)C)c2)Oc2cccc(N(C)C)c2)c1. The highest BCUT2D eigenvalue weighted by Crippen LogP contribution is 2.50. The van der Waals surface area contributed by atoms with E-state index < -0.39 is 7.82 Å². The predicted octanol–water partition coefficient (Wildman–Crippen LogP) is 5.53. The van der Waals surface area contributed by atoms with Gasteiger partial charge in [0.15, 0.2) is 0 Å². The molecule has 3 aromatic carbocycles. The monoisotopic (exact) mass is 455 g/mol. The number of hydrogen-bond donors (Lipinski definition) is 0. The number of anilines is 3. The first-order valence-corrected chi connectivity index (χ1v) is 11.6. The second-order valence-corrected chi connectivity index (χ2v) is 9.34. The highest BCUT2D eigenvalue weighted by Gasteiger charge is 2.33. The first-order chi connectivity index (χ1) is 15.1. The van der Waals surface area contributed by atoms with Gasteiger partial charge in [-0.2, -0.15) is 4.57 Å². The van der Waals surface area contributed by atoms with Crippen LogP contribution in [-0.4, -0.2) is 42.3 Å². The molecule has 8 heteroatoms. The van der Waals surface area contributed by atoms with E-state index in [9.17, 15) is 4.57 Å². The second kappa shape index (κ2) is 9.88. The Bertz CT molecular complexity index is 965. The standard InChI is InChI=1S/C24H30N3O4P/c1-25(2)19-10-7-13-22(16-19)29-32(28,30-23-14-8-11-20(17-23)26(3)4)31-24-15-9-12-21(18-24)27(5)6/h7-18H,1-6H3. The molecule has 0 N–H and O–H groups in total. The van der Waals surface area contributed by atoms with E-state index in [0.717, 1.165) is 17.1 Å². The Balaban J connectivity index is 1.96. The summed E-state index contributed by atoms with van der Waals surface area (Å²) in [6.07, 6.45) is 0. The van der Waals surface area contributed by atoms with Crippen molar-refractivity contribution in [3.8, 4) is 17.2 Å². The fraction of sp³-hybridized carbons (Fsp3) is 0.250. The Morgan fingerprint density at radius 3 is 1.06 bits per heavy atom. The van der Waals surface area contributed by atoms with Gasteiger partial charge in [-0.1, -0.05) is 18.2 Å². The van der Waals surface area contributed by atoms with Gasteiger partial charge in [0.25, 0.3) is 0 Å². The lowest BCUT2D eigenvalue weighted by Gasteiger charge is -2.22. The van der Waals surface area contributed by atoms with Crippen molar-refractivity contribution in [3.63, 3.8) is 0 Å². The molecule has 0 fully saturated rings. The average molecular weight is 455 g/mol. The van der Waals surface area contributed by atoms with E-state index in [4.69, 9.17) is 13.6 Å². The van der Waals surface area contributed by atoms with Gasteiger partial charge in [-0.25, -0.2) is 0 Å². The normalized spacial score (nSPS) is 10.9. The topological polar surface area (TPSA) is 54.5 Å². The zero-order valence-corrected chi connectivity index (χ0v) is 20.2. The molecule has 0 aliphatic heterocycles. The molecule has 0 heterocycles. The Kier molecular flexibility index (Phi) is 7.21. The lowest BCUT2D eigenvalue weighted by atomic mass is 10.3. The van der Waals surface area contributed by atoms with E-state index in [-0.39, 0.29) is 0 Å². The van der Waals surface area contributed by atoms with Crippen LogP contribution in [0.3, 0.4) is 0 Å². The van der Waals surface area contributed by atoms with Crippen LogP contribution in [0.5, 0.6) is 17.2 Å². The molecule has 0 aliphatic carbocycles. The van der Waals surface area contributed by atoms with Crippen LogP contribution >= 0.6 is 7.82 Å². The first-order valence-electron chi connectivity index (χ1n) is 10.2. The molecule has 170 valence electrons. The van der Waals surface area contributed by atoms with Gasteiger partial charge in [0.05, 0.1) is 0 Å². The summed E-state index contributed by atoms with van der Waals surface area (Å²) in [5.41, 5.74) is 2.70. The van der Waals surface area contributed by atoms with Gasteiger partial charge in [0, 0.05) is 77.5 Å². The summed E-state index contributed by atoms with van der Waals surface area (Å²) in [6, 6.07) is 21.8. The van der Waals surface area contributed by atoms with E-state index in [2.05, 4.69) is 0 Å². The quantitative estimate of drug-likeness (QED) is 0.393. The van der Waals surface area contributed by atoms with Gasteiger partial charge >= 0.3 is 7.82 Å². The molecule has 0 spiro atoms. The molecule has 0 aromatic heterocycles. The maximum absolute atomic E-state index is 13.9. The van der Waals surface area contributed by atoms with E-state index in [1.54, 1.807) is 36.4 Å². The molecule has 0 amide bonds. The van der Waals surface area contributed by atoms with Gasteiger partial charge in [0.2, 0.25) is 0 Å². The maximum Gasteiger partial charge on any atom is 0.647 e. The molecule has 0 unspecified atom stereocenters. The summed E-state index contributed by atoms with van der Waals surface area (Å²) in [5, 5.41) is 0. The minimum absolute atomic E-state index is 0.382. The maximum atomic E-state index is 13.9. The van der Waals surface area contributed by atoms with Crippen LogP contribution in [0.1, 0.15) is 0 Å². The zero-order valence-electron chi connectivity index (χ0n) is 19.4. The predicted molar refractivity (Wildman–Crippen MR) is 132 cm³/mol. The largest absolute Gasteiger partial charge is 0.647 e. The fourth-order valence-corrected chi connectivity index (χ4v) is 4.13. The van der Waals surface area contributed by atoms with E-state index >= 15 is 0 Å². The number of nitrogens with zero attached hydrogens (tertiary/aromatic N) is 3. The third-order valence-electron chi connectivity index (χ3n) is 4.65. The molecule has 3 aromatic rings. The number of rotatable bonds is 9. The Morgan fingerprint density at radius 2 is 0.812 bits per heavy atom. The molecular formula is C24H30N3O4P. The molecule has 3 rings (SSSR count). The Morgan fingerprint density at radius 1 is 0.531 bits per heavy atom. The van der Waals surface area contributed by atoms with Crippen molar-refractivity contribution in [1.82, 2.24) is 0 Å². The van der Waals surface area contributed by atoms with Crippen LogP contribution < -0.4 is 28.3 Å². The molecule has 0 radical (unpaired) electrons. The minimum atomic E-state index is -4.09. The zero-order chi connectivity index (χ0) is 23.3. The lowest BCUT2D eigenvalue weighted by Crippen LogP contribution is -2.12. The van der Waals surface area contributed by atoms with Crippen LogP contribution in [0.4, 0.5) is 17.1 Å². The van der Waals surface area contributed by atoms with Gasteiger partial charge in [-0.05, 0) is 36.4 Å². The van der Waals surface area contributed by atoms with Crippen molar-refractivity contribution in [2.45, 2.75) is 0 Å². The summed E-state index contributed by atoms with van der Waals surface area (Å²) in [7, 11) is 7.44. The fourth-order valence-electron chi connectivity index (χ4n) is 2.90. The highest BCUT2D eigenvalue weighted by atomic mass is 31.2. The lowest BCUT2D eigenvalue weighted by molar-refractivity contribution is 0.298. The number of hydrogen-bond acceptors (Lipinski definition) is 7. The van der Waals surface area contributed by atoms with Gasteiger partial charge in [-0.3, -0.25) is 0 Å². The van der Waals surface area contributed by atoms with E-state index in [0.29, 0.717) is 17.2 Å². The molecule has 0 aliphatic rings. The van der Waals surface area contributed by atoms with Crippen molar-refractivity contribution >= 4 is 24.9 Å². The summed E-state index contributed by atoms with van der Waals surface area (Å²) in [6.45, 7) is 0. The summed E-state index contributed by atoms with van der Waals surface area (Å²) in [5.74, 6) is 1.14. The Hall–Kier alpha value is -3.31. The van der Waals surface area contributed by atoms with Crippen molar-refractivity contribution < 1.29 is 18.1 Å². The average Bonchev–Trinajstić information content (AvgIpc) is 2.74. The minimum Gasteiger partial charge on any atom is -0.386 e. The van der Waals surface area contributed by atoms with Crippen LogP contribution in [0, 0.1) is 0 Å². The molecule has 32 heavy (non-hydrogen) atoms. The molecule has 0 atom stereocenters.